The highest BCUT2D eigenvalue weighted by Gasteiger charge is 2.30. The molecule has 4 rings (SSSR count). The number of hydrogen-bond acceptors (Lipinski definition) is 4. The summed E-state index contributed by atoms with van der Waals surface area (Å²) < 4.78 is 27.3. The summed E-state index contributed by atoms with van der Waals surface area (Å²) in [6, 6.07) is 24.8. The minimum absolute atomic E-state index is 0.00854. The number of benzene rings is 3. The Morgan fingerprint density at radius 2 is 1.62 bits per heavy atom. The summed E-state index contributed by atoms with van der Waals surface area (Å²) in [5, 5.41) is 2.62. The van der Waals surface area contributed by atoms with Crippen LogP contribution in [-0.2, 0) is 21.4 Å². The van der Waals surface area contributed by atoms with Crippen LogP contribution in [0.1, 0.15) is 15.9 Å². The quantitative estimate of drug-likeness (QED) is 0.627. The Morgan fingerprint density at radius 3 is 2.31 bits per heavy atom. The molecule has 0 saturated carbocycles. The minimum Gasteiger partial charge on any atom is -0.354 e. The Morgan fingerprint density at radius 1 is 0.938 bits per heavy atom. The van der Waals surface area contributed by atoms with Crippen molar-refractivity contribution in [2.24, 2.45) is 0 Å². The molecule has 1 saturated heterocycles. The minimum atomic E-state index is -3.90. The monoisotopic (exact) mass is 449 g/mol. The van der Waals surface area contributed by atoms with E-state index in [1.807, 2.05) is 60.7 Å². The molecule has 1 aliphatic heterocycles. The van der Waals surface area contributed by atoms with Gasteiger partial charge in [0.25, 0.3) is 5.91 Å². The average molecular weight is 450 g/mol. The molecule has 1 heterocycles. The van der Waals surface area contributed by atoms with Gasteiger partial charge in [-0.3, -0.25) is 9.59 Å². The Hall–Kier alpha value is -3.49. The Balaban J connectivity index is 1.67. The van der Waals surface area contributed by atoms with Gasteiger partial charge in [-0.1, -0.05) is 54.6 Å². The zero-order valence-electron chi connectivity index (χ0n) is 17.3. The van der Waals surface area contributed by atoms with Crippen molar-refractivity contribution in [3.05, 3.63) is 96.1 Å². The maximum atomic E-state index is 13.5. The number of carbonyl (C=O) groups is 2. The van der Waals surface area contributed by atoms with Gasteiger partial charge in [0.2, 0.25) is 15.9 Å². The van der Waals surface area contributed by atoms with E-state index in [-0.39, 0.29) is 41.9 Å². The number of rotatable bonds is 6. The fourth-order valence-corrected chi connectivity index (χ4v) is 5.01. The lowest BCUT2D eigenvalue weighted by molar-refractivity contribution is -0.122. The van der Waals surface area contributed by atoms with Crippen molar-refractivity contribution in [1.29, 1.82) is 0 Å². The largest absolute Gasteiger partial charge is 0.354 e. The molecule has 2 amide bonds. The second-order valence-corrected chi connectivity index (χ2v) is 9.37. The summed E-state index contributed by atoms with van der Waals surface area (Å²) in [6.07, 6.45) is 0. The van der Waals surface area contributed by atoms with Crippen molar-refractivity contribution < 1.29 is 18.0 Å². The van der Waals surface area contributed by atoms with Gasteiger partial charge in [0.15, 0.2) is 0 Å². The number of anilines is 1. The van der Waals surface area contributed by atoms with Crippen LogP contribution in [0.2, 0.25) is 0 Å². The van der Waals surface area contributed by atoms with Gasteiger partial charge in [-0.15, -0.1) is 0 Å². The summed E-state index contributed by atoms with van der Waals surface area (Å²) in [5.41, 5.74) is 1.92. The van der Waals surface area contributed by atoms with E-state index in [2.05, 4.69) is 5.32 Å². The van der Waals surface area contributed by atoms with Crippen LogP contribution < -0.4 is 10.2 Å². The molecule has 1 N–H and O–H groups in total. The van der Waals surface area contributed by atoms with Crippen molar-refractivity contribution >= 4 is 27.5 Å². The second-order valence-electron chi connectivity index (χ2n) is 7.43. The first-order chi connectivity index (χ1) is 15.4. The van der Waals surface area contributed by atoms with Gasteiger partial charge in [0.1, 0.15) is 0 Å². The van der Waals surface area contributed by atoms with E-state index in [1.54, 1.807) is 17.0 Å². The summed E-state index contributed by atoms with van der Waals surface area (Å²) >= 11 is 0. The topological polar surface area (TPSA) is 86.8 Å². The fourth-order valence-electron chi connectivity index (χ4n) is 3.57. The van der Waals surface area contributed by atoms with Crippen LogP contribution in [-0.4, -0.2) is 44.2 Å². The van der Waals surface area contributed by atoms with Gasteiger partial charge in [-0.25, -0.2) is 8.42 Å². The van der Waals surface area contributed by atoms with Crippen molar-refractivity contribution in [3.63, 3.8) is 0 Å². The van der Waals surface area contributed by atoms with Crippen molar-refractivity contribution in [2.45, 2.75) is 11.4 Å². The number of sulfonamides is 1. The molecule has 0 radical (unpaired) electrons. The zero-order chi connectivity index (χ0) is 22.6. The lowest BCUT2D eigenvalue weighted by atomic mass is 10.1. The SMILES string of the molecule is O=C1CN(S(=O)(=O)c2cccc(C(=O)N(Cc3ccccc3)c3ccccc3)c2)CCN1. The second kappa shape index (κ2) is 9.33. The van der Waals surface area contributed by atoms with Crippen LogP contribution in [0.3, 0.4) is 0 Å². The molecule has 3 aromatic carbocycles. The third kappa shape index (κ3) is 4.71. The highest BCUT2D eigenvalue weighted by Crippen LogP contribution is 2.23. The van der Waals surface area contributed by atoms with Gasteiger partial charge < -0.3 is 10.2 Å². The molecule has 0 aromatic heterocycles. The number of nitrogens with zero attached hydrogens (tertiary/aromatic N) is 2. The predicted octanol–water partition coefficient (Wildman–Crippen LogP) is 2.65. The highest BCUT2D eigenvalue weighted by atomic mass is 32.2. The van der Waals surface area contributed by atoms with Crippen LogP contribution in [0, 0.1) is 0 Å². The summed E-state index contributed by atoms with van der Waals surface area (Å²) in [5.74, 6) is -0.654. The molecule has 164 valence electrons. The van der Waals surface area contributed by atoms with Crippen molar-refractivity contribution in [2.75, 3.05) is 24.5 Å². The summed E-state index contributed by atoms with van der Waals surface area (Å²) in [7, 11) is -3.90. The van der Waals surface area contributed by atoms with E-state index < -0.39 is 10.0 Å². The molecular formula is C24H23N3O4S. The molecule has 0 bridgehead atoms. The number of nitrogens with one attached hydrogen (secondary N) is 1. The van der Waals surface area contributed by atoms with E-state index in [1.165, 1.54) is 12.1 Å². The number of carbonyl (C=O) groups excluding carboxylic acids is 2. The zero-order valence-corrected chi connectivity index (χ0v) is 18.2. The Labute approximate surface area is 187 Å². The Kier molecular flexibility index (Phi) is 6.34. The molecule has 32 heavy (non-hydrogen) atoms. The van der Waals surface area contributed by atoms with Crippen molar-refractivity contribution in [1.82, 2.24) is 9.62 Å². The maximum Gasteiger partial charge on any atom is 0.258 e. The van der Waals surface area contributed by atoms with Gasteiger partial charge in [0.05, 0.1) is 18.0 Å². The number of amides is 2. The van der Waals surface area contributed by atoms with E-state index in [0.717, 1.165) is 9.87 Å². The maximum absolute atomic E-state index is 13.5. The lowest BCUT2D eigenvalue weighted by Gasteiger charge is -2.26. The molecule has 7 nitrogen and oxygen atoms in total. The van der Waals surface area contributed by atoms with Gasteiger partial charge in [-0.05, 0) is 35.9 Å². The molecular weight excluding hydrogens is 426 g/mol. The van der Waals surface area contributed by atoms with E-state index >= 15 is 0 Å². The third-order valence-corrected chi connectivity index (χ3v) is 7.06. The first-order valence-corrected chi connectivity index (χ1v) is 11.7. The fraction of sp³-hybridized carbons (Fsp3) is 0.167. The summed E-state index contributed by atoms with van der Waals surface area (Å²) in [6.45, 7) is 0.559. The van der Waals surface area contributed by atoms with Crippen LogP contribution in [0.4, 0.5) is 5.69 Å². The lowest BCUT2D eigenvalue weighted by Crippen LogP contribution is -2.49. The standard InChI is InChI=1S/C24H23N3O4S/c28-23-18-26(15-14-25-23)32(30,31)22-13-7-10-20(16-22)24(29)27(21-11-5-2-6-12-21)17-19-8-3-1-4-9-19/h1-13,16H,14-15,17-18H2,(H,25,28). The molecule has 0 aliphatic carbocycles. The molecule has 0 atom stereocenters. The normalized spacial score (nSPS) is 14.6. The number of hydrogen-bond donors (Lipinski definition) is 1. The molecule has 1 aliphatic rings. The van der Waals surface area contributed by atoms with Gasteiger partial charge in [0, 0.05) is 24.3 Å². The van der Waals surface area contributed by atoms with Crippen LogP contribution in [0.5, 0.6) is 0 Å². The number of para-hydroxylation sites is 1. The van der Waals surface area contributed by atoms with Crippen LogP contribution >= 0.6 is 0 Å². The van der Waals surface area contributed by atoms with Crippen LogP contribution in [0.15, 0.2) is 89.8 Å². The van der Waals surface area contributed by atoms with Crippen LogP contribution in [0.25, 0.3) is 0 Å². The van der Waals surface area contributed by atoms with E-state index in [9.17, 15) is 18.0 Å². The van der Waals surface area contributed by atoms with Crippen molar-refractivity contribution in [3.8, 4) is 0 Å². The third-order valence-electron chi connectivity index (χ3n) is 5.22. The molecule has 3 aromatic rings. The summed E-state index contributed by atoms with van der Waals surface area (Å²) in [4.78, 5) is 26.8. The number of piperazine rings is 1. The first kappa shape index (κ1) is 21.7. The molecule has 0 unspecified atom stereocenters. The Bertz CT molecular complexity index is 1210. The molecule has 8 heteroatoms. The van der Waals surface area contributed by atoms with E-state index in [0.29, 0.717) is 12.2 Å². The first-order valence-electron chi connectivity index (χ1n) is 10.2. The molecule has 0 spiro atoms. The van der Waals surface area contributed by atoms with E-state index in [4.69, 9.17) is 0 Å². The predicted molar refractivity (Wildman–Crippen MR) is 122 cm³/mol. The smallest absolute Gasteiger partial charge is 0.258 e. The van der Waals surface area contributed by atoms with Gasteiger partial charge >= 0.3 is 0 Å². The van der Waals surface area contributed by atoms with Gasteiger partial charge in [-0.2, -0.15) is 4.31 Å². The average Bonchev–Trinajstić information content (AvgIpc) is 2.83. The highest BCUT2D eigenvalue weighted by molar-refractivity contribution is 7.89. The molecule has 1 fully saturated rings.